The number of hydrogen-bond acceptors (Lipinski definition) is 6. The average molecular weight is 635 g/mol. The van der Waals surface area contributed by atoms with Gasteiger partial charge in [0.15, 0.2) is 5.17 Å². The van der Waals surface area contributed by atoms with Gasteiger partial charge in [0.1, 0.15) is 0 Å². The van der Waals surface area contributed by atoms with Gasteiger partial charge in [-0.15, -0.1) is 6.58 Å². The number of allylic oxidation sites excluding steroid dienone is 3. The van der Waals surface area contributed by atoms with Crippen LogP contribution in [0, 0.1) is 5.92 Å². The Bertz CT molecular complexity index is 869. The van der Waals surface area contributed by atoms with Gasteiger partial charge in [-0.2, -0.15) is 0 Å². The maximum absolute atomic E-state index is 11.4. The van der Waals surface area contributed by atoms with Crippen LogP contribution in [0.4, 0.5) is 0 Å². The van der Waals surface area contributed by atoms with Crippen molar-refractivity contribution in [3.8, 4) is 0 Å². The Morgan fingerprint density at radius 3 is 2.02 bits per heavy atom. The molecule has 1 aromatic carbocycles. The first-order valence-electron chi connectivity index (χ1n) is 15.4. The van der Waals surface area contributed by atoms with E-state index in [2.05, 4.69) is 73.9 Å². The van der Waals surface area contributed by atoms with Crippen molar-refractivity contribution in [3.05, 3.63) is 73.5 Å². The summed E-state index contributed by atoms with van der Waals surface area (Å²) in [6.45, 7) is 21.9. The lowest BCUT2D eigenvalue weighted by Crippen LogP contribution is -2.38. The summed E-state index contributed by atoms with van der Waals surface area (Å²) in [5, 5.41) is 8.64. The molecule has 0 spiro atoms. The van der Waals surface area contributed by atoms with Crippen LogP contribution in [0.5, 0.6) is 0 Å². The summed E-state index contributed by atoms with van der Waals surface area (Å²) in [5.74, 6) is 0.277. The topological polar surface area (TPSA) is 109 Å². The fourth-order valence-electron chi connectivity index (χ4n) is 2.87. The lowest BCUT2D eigenvalue weighted by molar-refractivity contribution is -0.138. The maximum Gasteiger partial charge on any atom is 0.289 e. The summed E-state index contributed by atoms with van der Waals surface area (Å²) >= 11 is 1.72. The van der Waals surface area contributed by atoms with Gasteiger partial charge in [0, 0.05) is 26.5 Å². The highest BCUT2D eigenvalue weighted by Gasteiger charge is 2.16. The van der Waals surface area contributed by atoms with Crippen LogP contribution in [0.25, 0.3) is 0 Å². The number of carbonyl (C=O) groups excluding carboxylic acids is 3. The monoisotopic (exact) mass is 634 g/mol. The predicted octanol–water partition coefficient (Wildman–Crippen LogP) is 7.65. The molecule has 44 heavy (non-hydrogen) atoms. The zero-order valence-electron chi connectivity index (χ0n) is 29.0. The van der Waals surface area contributed by atoms with Gasteiger partial charge in [-0.1, -0.05) is 114 Å². The quantitative estimate of drug-likeness (QED) is 0.0601. The SMILES string of the molecule is C/C=C\CC.C=CC.C=CNC(=NC)SCC(CCC)COC.CC(NC(=O)C(=O)CNC=O)c1ccccc1.CCCC. The van der Waals surface area contributed by atoms with Crippen molar-refractivity contribution in [3.63, 3.8) is 0 Å². The van der Waals surface area contributed by atoms with E-state index < -0.39 is 11.7 Å². The smallest absolute Gasteiger partial charge is 0.289 e. The molecular formula is C35H62N4O4S. The molecule has 0 radical (unpaired) electrons. The number of Topliss-reactive ketones (excluding diaryl/α,β-unsaturated/α-hetero) is 1. The molecular weight excluding hydrogens is 572 g/mol. The van der Waals surface area contributed by atoms with Gasteiger partial charge in [0.25, 0.3) is 5.91 Å². The second-order valence-corrected chi connectivity index (χ2v) is 10.2. The molecule has 0 aliphatic carbocycles. The van der Waals surface area contributed by atoms with Gasteiger partial charge in [-0.05, 0) is 51.3 Å². The van der Waals surface area contributed by atoms with Crippen LogP contribution in [0.2, 0.25) is 0 Å². The van der Waals surface area contributed by atoms with Crippen LogP contribution in [-0.2, 0) is 19.1 Å². The highest BCUT2D eigenvalue weighted by molar-refractivity contribution is 8.13. The normalized spacial score (nSPS) is 11.2. The maximum atomic E-state index is 11.4. The number of unbranched alkanes of at least 4 members (excludes halogenated alkanes) is 1. The minimum absolute atomic E-state index is 0.246. The molecule has 0 bridgehead atoms. The molecule has 0 aromatic heterocycles. The molecule has 1 aromatic rings. The fraction of sp³-hybridized carbons (Fsp3) is 0.543. The van der Waals surface area contributed by atoms with E-state index in [1.165, 1.54) is 25.7 Å². The van der Waals surface area contributed by atoms with E-state index in [-0.39, 0.29) is 12.6 Å². The van der Waals surface area contributed by atoms with E-state index in [9.17, 15) is 14.4 Å². The molecule has 9 heteroatoms. The third-order valence-electron chi connectivity index (χ3n) is 5.20. The summed E-state index contributed by atoms with van der Waals surface area (Å²) in [5.41, 5.74) is 0.914. The molecule has 0 fully saturated rings. The molecule has 252 valence electrons. The van der Waals surface area contributed by atoms with Crippen LogP contribution in [0.15, 0.2) is 72.9 Å². The summed E-state index contributed by atoms with van der Waals surface area (Å²) < 4.78 is 5.19. The average Bonchev–Trinajstić information content (AvgIpc) is 3.03. The Morgan fingerprint density at radius 1 is 1.05 bits per heavy atom. The van der Waals surface area contributed by atoms with Gasteiger partial charge < -0.3 is 20.7 Å². The zero-order chi connectivity index (χ0) is 34.4. The first kappa shape index (κ1) is 47.8. The summed E-state index contributed by atoms with van der Waals surface area (Å²) in [6, 6.07) is 9.06. The van der Waals surface area contributed by atoms with Crippen LogP contribution in [-0.4, -0.2) is 56.3 Å². The number of nitrogens with one attached hydrogen (secondary N) is 3. The van der Waals surface area contributed by atoms with Crippen LogP contribution in [0.1, 0.15) is 92.2 Å². The number of ketones is 1. The standard InChI is InChI=1S/C12H14N2O3.C11H22N2OS.C5H10.C4H10.C3H6/c1-9(10-5-3-2-4-6-10)14-12(17)11(16)7-13-8-15;1-5-7-10(8-14-4)9-15-11(12-3)13-6-2;1-3-5-4-2;1-3-4-2;1-3-2/h2-6,8-9H,7H2,1H3,(H,13,15)(H,14,17);6,10H,2,5,7-9H2,1,3-4H3,(H,12,13);3,5H,4H2,1-2H3;3-4H2,1-2H3;3H,1H2,2H3/b;;5-3-;;. The molecule has 2 atom stereocenters. The van der Waals surface area contributed by atoms with Gasteiger partial charge in [0.2, 0.25) is 12.2 Å². The highest BCUT2D eigenvalue weighted by Crippen LogP contribution is 2.15. The van der Waals surface area contributed by atoms with Crippen molar-refractivity contribution in [2.24, 2.45) is 10.9 Å². The molecule has 1 rings (SSSR count). The first-order chi connectivity index (χ1) is 21.2. The molecule has 0 saturated carbocycles. The number of methoxy groups -OCH3 is 1. The van der Waals surface area contributed by atoms with E-state index in [1.807, 2.05) is 44.2 Å². The molecule has 2 amide bonds. The molecule has 0 saturated heterocycles. The van der Waals surface area contributed by atoms with Crippen LogP contribution < -0.4 is 16.0 Å². The van der Waals surface area contributed by atoms with Crippen molar-refractivity contribution in [1.29, 1.82) is 0 Å². The number of thioether (sulfide) groups is 1. The minimum Gasteiger partial charge on any atom is -0.384 e. The zero-order valence-corrected chi connectivity index (χ0v) is 29.8. The van der Waals surface area contributed by atoms with E-state index in [0.717, 1.165) is 29.5 Å². The number of ether oxygens (including phenoxy) is 1. The number of rotatable bonds is 15. The van der Waals surface area contributed by atoms with Gasteiger partial charge in [-0.25, -0.2) is 0 Å². The number of hydrogen-bond donors (Lipinski definition) is 3. The second kappa shape index (κ2) is 39.8. The number of nitrogens with zero attached hydrogens (tertiary/aromatic N) is 1. The second-order valence-electron chi connectivity index (χ2n) is 9.21. The van der Waals surface area contributed by atoms with Gasteiger partial charge in [-0.3, -0.25) is 19.4 Å². The minimum atomic E-state index is -0.698. The van der Waals surface area contributed by atoms with Crippen molar-refractivity contribution < 1.29 is 19.1 Å². The molecule has 0 heterocycles. The Kier molecular flexibility index (Phi) is 43.2. The van der Waals surface area contributed by atoms with Crippen molar-refractivity contribution in [2.45, 2.75) is 86.6 Å². The molecule has 0 aliphatic heterocycles. The lowest BCUT2D eigenvalue weighted by Gasteiger charge is -2.14. The van der Waals surface area contributed by atoms with Crippen molar-refractivity contribution in [1.82, 2.24) is 16.0 Å². The fourth-order valence-corrected chi connectivity index (χ4v) is 3.82. The van der Waals surface area contributed by atoms with Gasteiger partial charge >= 0.3 is 0 Å². The molecule has 3 N–H and O–H groups in total. The number of aliphatic imine (C=N–C) groups is 1. The van der Waals surface area contributed by atoms with Gasteiger partial charge in [0.05, 0.1) is 12.6 Å². The highest BCUT2D eigenvalue weighted by atomic mass is 32.2. The number of carbonyl (C=O) groups is 3. The molecule has 8 nitrogen and oxygen atoms in total. The lowest BCUT2D eigenvalue weighted by atomic mass is 10.1. The van der Waals surface area contributed by atoms with E-state index >= 15 is 0 Å². The van der Waals surface area contributed by atoms with E-state index in [0.29, 0.717) is 12.3 Å². The summed E-state index contributed by atoms with van der Waals surface area (Å²) in [4.78, 5) is 36.8. The third-order valence-corrected chi connectivity index (χ3v) is 6.41. The number of amides is 2. The first-order valence-corrected chi connectivity index (χ1v) is 16.4. The van der Waals surface area contributed by atoms with E-state index in [1.54, 1.807) is 45.1 Å². The Labute approximate surface area is 273 Å². The summed E-state index contributed by atoms with van der Waals surface area (Å²) in [7, 11) is 3.54. The number of benzene rings is 1. The summed E-state index contributed by atoms with van der Waals surface area (Å²) in [6.07, 6.45) is 14.2. The van der Waals surface area contributed by atoms with Crippen LogP contribution >= 0.6 is 11.8 Å². The number of amidine groups is 1. The Morgan fingerprint density at radius 2 is 1.64 bits per heavy atom. The van der Waals surface area contributed by atoms with Crippen molar-refractivity contribution in [2.75, 3.05) is 33.1 Å². The molecule has 0 aliphatic rings. The molecule has 2 unspecified atom stereocenters. The van der Waals surface area contributed by atoms with Crippen LogP contribution in [0.3, 0.4) is 0 Å². The van der Waals surface area contributed by atoms with E-state index in [4.69, 9.17) is 4.74 Å². The Hall–Kier alpha value is -3.17. The Balaban J connectivity index is -0.000000268. The third kappa shape index (κ3) is 35.0. The largest absolute Gasteiger partial charge is 0.384 e. The predicted molar refractivity (Wildman–Crippen MR) is 193 cm³/mol. The van der Waals surface area contributed by atoms with Crippen molar-refractivity contribution >= 4 is 35.0 Å².